The molecule has 0 saturated carbocycles. The van der Waals surface area contributed by atoms with Crippen LogP contribution in [0, 0.1) is 13.8 Å². The number of aliphatic hydroxyl groups excluding tert-OH is 1. The molecule has 1 fully saturated rings. The van der Waals surface area contributed by atoms with Crippen LogP contribution in [0.15, 0.2) is 18.2 Å². The molecule has 0 bridgehead atoms. The summed E-state index contributed by atoms with van der Waals surface area (Å²) in [6.45, 7) is 8.47. The van der Waals surface area contributed by atoms with Crippen molar-refractivity contribution in [2.24, 2.45) is 0 Å². The lowest BCUT2D eigenvalue weighted by atomic mass is 9.95. The number of aliphatic hydroxyl groups is 1. The topological polar surface area (TPSA) is 23.5 Å². The van der Waals surface area contributed by atoms with Crippen molar-refractivity contribution in [2.45, 2.75) is 65.1 Å². The van der Waals surface area contributed by atoms with Gasteiger partial charge >= 0.3 is 0 Å². The van der Waals surface area contributed by atoms with E-state index in [1.165, 1.54) is 42.5 Å². The SMILES string of the molecule is Cc1ccc(C)c(CN2CCCCC2CC(C)O)c1. The third-order valence-corrected chi connectivity index (χ3v) is 4.24. The van der Waals surface area contributed by atoms with Crippen molar-refractivity contribution >= 4 is 0 Å². The van der Waals surface area contributed by atoms with E-state index in [-0.39, 0.29) is 6.10 Å². The van der Waals surface area contributed by atoms with Gasteiger partial charge in [0.05, 0.1) is 6.10 Å². The molecule has 0 spiro atoms. The Morgan fingerprint density at radius 3 is 2.84 bits per heavy atom. The number of benzene rings is 1. The van der Waals surface area contributed by atoms with Gasteiger partial charge < -0.3 is 5.11 Å². The van der Waals surface area contributed by atoms with E-state index in [1.807, 2.05) is 6.92 Å². The van der Waals surface area contributed by atoms with Crippen molar-refractivity contribution in [1.82, 2.24) is 4.90 Å². The van der Waals surface area contributed by atoms with Crippen molar-refractivity contribution < 1.29 is 5.11 Å². The summed E-state index contributed by atoms with van der Waals surface area (Å²) in [5.41, 5.74) is 4.16. The third-order valence-electron chi connectivity index (χ3n) is 4.24. The Bertz CT molecular complexity index is 414. The zero-order chi connectivity index (χ0) is 13.8. The second-order valence-electron chi connectivity index (χ2n) is 6.13. The van der Waals surface area contributed by atoms with Gasteiger partial charge in [0.1, 0.15) is 0 Å². The molecule has 1 heterocycles. The molecule has 0 aliphatic carbocycles. The van der Waals surface area contributed by atoms with Crippen LogP contribution < -0.4 is 0 Å². The van der Waals surface area contributed by atoms with E-state index in [4.69, 9.17) is 0 Å². The van der Waals surface area contributed by atoms with E-state index in [0.717, 1.165) is 13.0 Å². The van der Waals surface area contributed by atoms with Crippen LogP contribution in [0.2, 0.25) is 0 Å². The minimum absolute atomic E-state index is 0.191. The summed E-state index contributed by atoms with van der Waals surface area (Å²) < 4.78 is 0. The fourth-order valence-electron chi connectivity index (χ4n) is 3.12. The average Bonchev–Trinajstić information content (AvgIpc) is 2.35. The van der Waals surface area contributed by atoms with Gasteiger partial charge in [0.25, 0.3) is 0 Å². The lowest BCUT2D eigenvalue weighted by Gasteiger charge is -2.36. The number of likely N-dealkylation sites (tertiary alicyclic amines) is 1. The second-order valence-corrected chi connectivity index (χ2v) is 6.13. The van der Waals surface area contributed by atoms with Crippen LogP contribution in [0.5, 0.6) is 0 Å². The summed E-state index contributed by atoms with van der Waals surface area (Å²) >= 11 is 0. The van der Waals surface area contributed by atoms with Gasteiger partial charge in [0.2, 0.25) is 0 Å². The van der Waals surface area contributed by atoms with Crippen LogP contribution in [0.1, 0.15) is 49.3 Å². The standard InChI is InChI=1S/C17H27NO/c1-13-7-8-14(2)16(10-13)12-18-9-5-4-6-17(18)11-15(3)19/h7-8,10,15,17,19H,4-6,9,11-12H2,1-3H3. The first-order valence-corrected chi connectivity index (χ1v) is 7.54. The minimum Gasteiger partial charge on any atom is -0.393 e. The average molecular weight is 261 g/mol. The summed E-state index contributed by atoms with van der Waals surface area (Å²) in [7, 11) is 0. The van der Waals surface area contributed by atoms with E-state index in [9.17, 15) is 5.11 Å². The van der Waals surface area contributed by atoms with Gasteiger partial charge in [-0.15, -0.1) is 0 Å². The zero-order valence-corrected chi connectivity index (χ0v) is 12.5. The van der Waals surface area contributed by atoms with E-state index in [2.05, 4.69) is 36.9 Å². The van der Waals surface area contributed by atoms with E-state index >= 15 is 0 Å². The Kier molecular flexibility index (Phi) is 5.00. The number of hydrogen-bond acceptors (Lipinski definition) is 2. The molecule has 2 rings (SSSR count). The van der Waals surface area contributed by atoms with Gasteiger partial charge in [-0.05, 0) is 57.7 Å². The molecule has 19 heavy (non-hydrogen) atoms. The molecular formula is C17H27NO. The summed E-state index contributed by atoms with van der Waals surface area (Å²) in [6.07, 6.45) is 4.55. The molecule has 2 nitrogen and oxygen atoms in total. The molecule has 2 atom stereocenters. The smallest absolute Gasteiger partial charge is 0.0527 e. The fourth-order valence-corrected chi connectivity index (χ4v) is 3.12. The Labute approximate surface area is 117 Å². The largest absolute Gasteiger partial charge is 0.393 e. The maximum absolute atomic E-state index is 9.66. The fraction of sp³-hybridized carbons (Fsp3) is 0.647. The van der Waals surface area contributed by atoms with Gasteiger partial charge in [0.15, 0.2) is 0 Å². The molecule has 2 heteroatoms. The van der Waals surface area contributed by atoms with E-state index < -0.39 is 0 Å². The summed E-state index contributed by atoms with van der Waals surface area (Å²) in [4.78, 5) is 2.57. The lowest BCUT2D eigenvalue weighted by Crippen LogP contribution is -2.40. The number of nitrogens with zero attached hydrogens (tertiary/aromatic N) is 1. The highest BCUT2D eigenvalue weighted by atomic mass is 16.3. The first-order chi connectivity index (χ1) is 9.06. The van der Waals surface area contributed by atoms with E-state index in [1.54, 1.807) is 0 Å². The molecule has 1 aliphatic rings. The first kappa shape index (κ1) is 14.5. The maximum atomic E-state index is 9.66. The molecule has 1 aromatic carbocycles. The van der Waals surface area contributed by atoms with Gasteiger partial charge in [-0.3, -0.25) is 4.90 Å². The Balaban J connectivity index is 2.08. The highest BCUT2D eigenvalue weighted by Gasteiger charge is 2.23. The predicted molar refractivity (Wildman–Crippen MR) is 80.3 cm³/mol. The molecule has 1 saturated heterocycles. The van der Waals surface area contributed by atoms with Gasteiger partial charge in [-0.1, -0.05) is 30.2 Å². The molecule has 0 amide bonds. The quantitative estimate of drug-likeness (QED) is 0.897. The van der Waals surface area contributed by atoms with Crippen molar-refractivity contribution in [1.29, 1.82) is 0 Å². The molecule has 2 unspecified atom stereocenters. The Morgan fingerprint density at radius 1 is 1.32 bits per heavy atom. The van der Waals surface area contributed by atoms with Crippen molar-refractivity contribution in [3.63, 3.8) is 0 Å². The van der Waals surface area contributed by atoms with Gasteiger partial charge in [0, 0.05) is 12.6 Å². The van der Waals surface area contributed by atoms with Crippen molar-refractivity contribution in [2.75, 3.05) is 6.54 Å². The normalized spacial score (nSPS) is 22.4. The third kappa shape index (κ3) is 4.05. The van der Waals surface area contributed by atoms with Crippen LogP contribution in [-0.2, 0) is 6.54 Å². The van der Waals surface area contributed by atoms with E-state index in [0.29, 0.717) is 6.04 Å². The number of aryl methyl sites for hydroxylation is 2. The zero-order valence-electron chi connectivity index (χ0n) is 12.5. The predicted octanol–water partition coefficient (Wildman–Crippen LogP) is 3.43. The Hall–Kier alpha value is -0.860. The van der Waals surface area contributed by atoms with Crippen LogP contribution in [0.4, 0.5) is 0 Å². The lowest BCUT2D eigenvalue weighted by molar-refractivity contribution is 0.0816. The molecule has 1 aromatic rings. The summed E-state index contributed by atoms with van der Waals surface area (Å²) in [5.74, 6) is 0. The van der Waals surface area contributed by atoms with Crippen LogP contribution in [-0.4, -0.2) is 28.7 Å². The maximum Gasteiger partial charge on any atom is 0.0527 e. The van der Waals surface area contributed by atoms with Crippen molar-refractivity contribution in [3.8, 4) is 0 Å². The highest BCUT2D eigenvalue weighted by Crippen LogP contribution is 2.24. The Morgan fingerprint density at radius 2 is 2.11 bits per heavy atom. The summed E-state index contributed by atoms with van der Waals surface area (Å²) in [5, 5.41) is 9.66. The molecule has 0 aromatic heterocycles. The second kappa shape index (κ2) is 6.53. The number of piperidine rings is 1. The number of rotatable bonds is 4. The molecule has 1 N–H and O–H groups in total. The monoisotopic (exact) mass is 261 g/mol. The first-order valence-electron chi connectivity index (χ1n) is 7.54. The molecular weight excluding hydrogens is 234 g/mol. The summed E-state index contributed by atoms with van der Waals surface area (Å²) in [6, 6.07) is 7.26. The molecule has 1 aliphatic heterocycles. The van der Waals surface area contributed by atoms with Gasteiger partial charge in [-0.25, -0.2) is 0 Å². The minimum atomic E-state index is -0.191. The molecule has 106 valence electrons. The van der Waals surface area contributed by atoms with Crippen molar-refractivity contribution in [3.05, 3.63) is 34.9 Å². The van der Waals surface area contributed by atoms with Crippen LogP contribution in [0.3, 0.4) is 0 Å². The van der Waals surface area contributed by atoms with Crippen LogP contribution in [0.25, 0.3) is 0 Å². The highest BCUT2D eigenvalue weighted by molar-refractivity contribution is 5.30. The van der Waals surface area contributed by atoms with Crippen LogP contribution >= 0.6 is 0 Å². The van der Waals surface area contributed by atoms with Gasteiger partial charge in [-0.2, -0.15) is 0 Å². The molecule has 0 radical (unpaired) electrons. The number of hydrogen-bond donors (Lipinski definition) is 1.